The molecule has 1 N–H and O–H groups in total. The summed E-state index contributed by atoms with van der Waals surface area (Å²) in [5.41, 5.74) is 5.61. The lowest BCUT2D eigenvalue weighted by Gasteiger charge is -2.25. The quantitative estimate of drug-likeness (QED) is 0.800. The molecule has 0 radical (unpaired) electrons. The van der Waals surface area contributed by atoms with E-state index < -0.39 is 0 Å². The molecule has 1 aliphatic heterocycles. The highest BCUT2D eigenvalue weighted by molar-refractivity contribution is 5.99. The number of ether oxygens (including phenoxy) is 1. The van der Waals surface area contributed by atoms with Gasteiger partial charge in [0.1, 0.15) is 6.54 Å². The van der Waals surface area contributed by atoms with Crippen LogP contribution >= 0.6 is 0 Å². The number of benzene rings is 2. The molecular formula is C24H30N2O3. The van der Waals surface area contributed by atoms with Gasteiger partial charge in [-0.2, -0.15) is 0 Å². The van der Waals surface area contributed by atoms with Crippen LogP contribution in [0.1, 0.15) is 45.5 Å². The lowest BCUT2D eigenvalue weighted by Crippen LogP contribution is -2.42. The van der Waals surface area contributed by atoms with Gasteiger partial charge >= 0.3 is 0 Å². The van der Waals surface area contributed by atoms with Crippen LogP contribution in [0, 0.1) is 27.7 Å². The van der Waals surface area contributed by atoms with Crippen LogP contribution in [0.2, 0.25) is 0 Å². The monoisotopic (exact) mass is 394 g/mol. The zero-order valence-electron chi connectivity index (χ0n) is 17.7. The topological polar surface area (TPSA) is 58.6 Å². The maximum Gasteiger partial charge on any atom is 0.254 e. The highest BCUT2D eigenvalue weighted by Crippen LogP contribution is 2.19. The fourth-order valence-electron chi connectivity index (χ4n) is 3.78. The van der Waals surface area contributed by atoms with Crippen LogP contribution in [-0.4, -0.2) is 42.5 Å². The van der Waals surface area contributed by atoms with Crippen molar-refractivity contribution in [2.24, 2.45) is 0 Å². The number of anilines is 1. The van der Waals surface area contributed by atoms with Crippen LogP contribution in [0.3, 0.4) is 0 Å². The molecule has 1 heterocycles. The van der Waals surface area contributed by atoms with Gasteiger partial charge in [0, 0.05) is 24.4 Å². The fourth-order valence-corrected chi connectivity index (χ4v) is 3.78. The number of aryl methyl sites for hydroxylation is 3. The normalized spacial score (nSPS) is 15.9. The van der Waals surface area contributed by atoms with E-state index in [1.165, 1.54) is 0 Å². The molecule has 0 unspecified atom stereocenters. The van der Waals surface area contributed by atoms with E-state index in [2.05, 4.69) is 5.32 Å². The summed E-state index contributed by atoms with van der Waals surface area (Å²) in [5, 5.41) is 2.96. The molecule has 0 aromatic heterocycles. The second-order valence-electron chi connectivity index (χ2n) is 7.99. The minimum Gasteiger partial charge on any atom is -0.376 e. The zero-order chi connectivity index (χ0) is 21.0. The molecule has 2 aromatic rings. The number of hydrogen-bond donors (Lipinski definition) is 1. The van der Waals surface area contributed by atoms with Crippen molar-refractivity contribution in [2.75, 3.05) is 25.0 Å². The van der Waals surface area contributed by atoms with Crippen molar-refractivity contribution >= 4 is 17.5 Å². The average molecular weight is 395 g/mol. The van der Waals surface area contributed by atoms with E-state index in [1.807, 2.05) is 64.1 Å². The van der Waals surface area contributed by atoms with Gasteiger partial charge in [-0.25, -0.2) is 0 Å². The second-order valence-corrected chi connectivity index (χ2v) is 7.99. The van der Waals surface area contributed by atoms with Crippen LogP contribution in [-0.2, 0) is 9.53 Å². The summed E-state index contributed by atoms with van der Waals surface area (Å²) >= 11 is 0. The molecule has 2 aromatic carbocycles. The average Bonchev–Trinajstić information content (AvgIpc) is 3.16. The Labute approximate surface area is 173 Å². The van der Waals surface area contributed by atoms with Crippen molar-refractivity contribution in [3.8, 4) is 0 Å². The predicted molar refractivity (Wildman–Crippen MR) is 115 cm³/mol. The van der Waals surface area contributed by atoms with Gasteiger partial charge in [0.25, 0.3) is 5.91 Å². The standard InChI is InChI=1S/C24H30N2O3/c1-16-11-17(2)13-20(12-16)24(28)26(14-21-8-6-10-29-21)15-23(27)25-22-9-5-7-18(3)19(22)4/h5,7,9,11-13,21H,6,8,10,14-15H2,1-4H3,(H,25,27)/t21-/m0/s1. The maximum absolute atomic E-state index is 13.2. The molecule has 1 fully saturated rings. The van der Waals surface area contributed by atoms with Gasteiger partial charge in [-0.1, -0.05) is 29.3 Å². The van der Waals surface area contributed by atoms with Crippen LogP contribution in [0.25, 0.3) is 0 Å². The Morgan fingerprint density at radius 3 is 2.48 bits per heavy atom. The Morgan fingerprint density at radius 1 is 1.10 bits per heavy atom. The predicted octanol–water partition coefficient (Wildman–Crippen LogP) is 4.18. The Balaban J connectivity index is 1.78. The van der Waals surface area contributed by atoms with Gasteiger partial charge in [-0.05, 0) is 69.9 Å². The molecule has 1 atom stereocenters. The van der Waals surface area contributed by atoms with Gasteiger partial charge in [0.15, 0.2) is 0 Å². The van der Waals surface area contributed by atoms with Gasteiger partial charge in [0.05, 0.1) is 6.10 Å². The molecule has 1 aliphatic rings. The van der Waals surface area contributed by atoms with Crippen LogP contribution in [0.15, 0.2) is 36.4 Å². The van der Waals surface area contributed by atoms with Gasteiger partial charge in [-0.15, -0.1) is 0 Å². The van der Waals surface area contributed by atoms with E-state index in [0.29, 0.717) is 18.7 Å². The summed E-state index contributed by atoms with van der Waals surface area (Å²) in [5.74, 6) is -0.335. The van der Waals surface area contributed by atoms with Crippen molar-refractivity contribution in [1.82, 2.24) is 4.90 Å². The Hall–Kier alpha value is -2.66. The summed E-state index contributed by atoms with van der Waals surface area (Å²) < 4.78 is 5.73. The van der Waals surface area contributed by atoms with Crippen molar-refractivity contribution in [3.05, 3.63) is 64.2 Å². The SMILES string of the molecule is Cc1cc(C)cc(C(=O)N(CC(=O)Nc2cccc(C)c2C)C[C@@H]2CCCO2)c1. The molecule has 2 amide bonds. The van der Waals surface area contributed by atoms with E-state index in [1.54, 1.807) is 4.90 Å². The number of nitrogens with one attached hydrogen (secondary N) is 1. The van der Waals surface area contributed by atoms with E-state index in [4.69, 9.17) is 4.74 Å². The number of nitrogens with zero attached hydrogens (tertiary/aromatic N) is 1. The Morgan fingerprint density at radius 2 is 1.83 bits per heavy atom. The number of amides is 2. The molecule has 5 nitrogen and oxygen atoms in total. The molecule has 0 spiro atoms. The minimum atomic E-state index is -0.200. The largest absolute Gasteiger partial charge is 0.376 e. The summed E-state index contributed by atoms with van der Waals surface area (Å²) in [6.07, 6.45) is 1.89. The van der Waals surface area contributed by atoms with E-state index in [9.17, 15) is 9.59 Å². The first kappa shape index (κ1) is 21.1. The third kappa shape index (κ3) is 5.45. The summed E-state index contributed by atoms with van der Waals surface area (Å²) in [4.78, 5) is 27.6. The fraction of sp³-hybridized carbons (Fsp3) is 0.417. The maximum atomic E-state index is 13.2. The molecule has 0 bridgehead atoms. The second kappa shape index (κ2) is 9.23. The van der Waals surface area contributed by atoms with Gasteiger partial charge < -0.3 is 15.0 Å². The number of carbonyl (C=O) groups excluding carboxylic acids is 2. The van der Waals surface area contributed by atoms with Crippen molar-refractivity contribution < 1.29 is 14.3 Å². The van der Waals surface area contributed by atoms with Crippen molar-refractivity contribution in [2.45, 2.75) is 46.6 Å². The summed E-state index contributed by atoms with van der Waals surface area (Å²) in [7, 11) is 0. The number of rotatable bonds is 6. The highest BCUT2D eigenvalue weighted by atomic mass is 16.5. The number of hydrogen-bond acceptors (Lipinski definition) is 3. The van der Waals surface area contributed by atoms with E-state index >= 15 is 0 Å². The van der Waals surface area contributed by atoms with E-state index in [-0.39, 0.29) is 24.5 Å². The Bertz CT molecular complexity index is 881. The Kier molecular flexibility index (Phi) is 6.70. The highest BCUT2D eigenvalue weighted by Gasteiger charge is 2.25. The first-order valence-corrected chi connectivity index (χ1v) is 10.2. The molecule has 1 saturated heterocycles. The molecule has 0 aliphatic carbocycles. The van der Waals surface area contributed by atoms with Gasteiger partial charge in [-0.3, -0.25) is 9.59 Å². The first-order chi connectivity index (χ1) is 13.8. The summed E-state index contributed by atoms with van der Waals surface area (Å²) in [6.45, 7) is 9.08. The van der Waals surface area contributed by atoms with Crippen molar-refractivity contribution in [3.63, 3.8) is 0 Å². The minimum absolute atomic E-state index is 0.000928. The molecule has 29 heavy (non-hydrogen) atoms. The zero-order valence-corrected chi connectivity index (χ0v) is 17.7. The van der Waals surface area contributed by atoms with Crippen LogP contribution < -0.4 is 5.32 Å². The first-order valence-electron chi connectivity index (χ1n) is 10.2. The third-order valence-electron chi connectivity index (χ3n) is 5.42. The van der Waals surface area contributed by atoms with Crippen molar-refractivity contribution in [1.29, 1.82) is 0 Å². The molecule has 3 rings (SSSR count). The molecular weight excluding hydrogens is 364 g/mol. The lowest BCUT2D eigenvalue weighted by molar-refractivity contribution is -0.117. The van der Waals surface area contributed by atoms with E-state index in [0.717, 1.165) is 40.8 Å². The van der Waals surface area contributed by atoms with Crippen LogP contribution in [0.4, 0.5) is 5.69 Å². The third-order valence-corrected chi connectivity index (χ3v) is 5.42. The molecule has 154 valence electrons. The molecule has 5 heteroatoms. The summed E-state index contributed by atoms with van der Waals surface area (Å²) in [6, 6.07) is 11.6. The number of carbonyl (C=O) groups is 2. The van der Waals surface area contributed by atoms with Gasteiger partial charge in [0.2, 0.25) is 5.91 Å². The van der Waals surface area contributed by atoms with Crippen LogP contribution in [0.5, 0.6) is 0 Å². The molecule has 0 saturated carbocycles. The smallest absolute Gasteiger partial charge is 0.254 e. The lowest BCUT2D eigenvalue weighted by atomic mass is 10.1.